The third-order valence-corrected chi connectivity index (χ3v) is 5.81. The molecule has 1 amide bonds. The minimum Gasteiger partial charge on any atom is -0.406 e. The van der Waals surface area contributed by atoms with E-state index in [-0.39, 0.29) is 17.5 Å². The molecule has 2 fully saturated rings. The second kappa shape index (κ2) is 7.24. The Bertz CT molecular complexity index is 890. The average molecular weight is 408 g/mol. The van der Waals surface area contributed by atoms with Crippen LogP contribution in [0, 0.1) is 11.2 Å². The van der Waals surface area contributed by atoms with Gasteiger partial charge in [0.15, 0.2) is 0 Å². The molecule has 29 heavy (non-hydrogen) atoms. The lowest BCUT2D eigenvalue weighted by molar-refractivity contribution is -0.274. The molecule has 0 N–H and O–H groups in total. The topological polar surface area (TPSA) is 32.8 Å². The maximum Gasteiger partial charge on any atom is 0.573 e. The molecule has 0 aromatic heterocycles. The van der Waals surface area contributed by atoms with Crippen molar-refractivity contribution in [3.63, 3.8) is 0 Å². The van der Waals surface area contributed by atoms with Crippen LogP contribution in [0.3, 0.4) is 0 Å². The first-order valence-corrected chi connectivity index (χ1v) is 9.45. The molecule has 8 heteroatoms. The molecule has 154 valence electrons. The summed E-state index contributed by atoms with van der Waals surface area (Å²) >= 11 is 0. The Morgan fingerprint density at radius 2 is 1.52 bits per heavy atom. The number of hydrogen-bond donors (Lipinski definition) is 0. The van der Waals surface area contributed by atoms with Crippen LogP contribution in [0.1, 0.15) is 19.3 Å². The van der Waals surface area contributed by atoms with Gasteiger partial charge in [-0.1, -0.05) is 12.1 Å². The van der Waals surface area contributed by atoms with Gasteiger partial charge in [0.2, 0.25) is 5.91 Å². The fourth-order valence-corrected chi connectivity index (χ4v) is 4.24. The summed E-state index contributed by atoms with van der Waals surface area (Å²) in [5.74, 6) is -0.611. The highest BCUT2D eigenvalue weighted by Gasteiger charge is 2.48. The maximum absolute atomic E-state index is 14.0. The monoisotopic (exact) mass is 408 g/mol. The fourth-order valence-electron chi connectivity index (χ4n) is 4.24. The molecule has 2 aromatic carbocycles. The number of rotatable bonds is 3. The minimum atomic E-state index is -4.75. The van der Waals surface area contributed by atoms with E-state index in [2.05, 4.69) is 4.74 Å². The van der Waals surface area contributed by atoms with Gasteiger partial charge in [0.1, 0.15) is 11.6 Å². The first kappa shape index (κ1) is 19.5. The number of carbonyl (C=O) groups is 1. The summed E-state index contributed by atoms with van der Waals surface area (Å²) in [5, 5.41) is 0. The van der Waals surface area contributed by atoms with E-state index in [4.69, 9.17) is 0 Å². The van der Waals surface area contributed by atoms with Gasteiger partial charge in [-0.05, 0) is 55.7 Å². The zero-order valence-corrected chi connectivity index (χ0v) is 15.6. The Kier molecular flexibility index (Phi) is 4.88. The van der Waals surface area contributed by atoms with Gasteiger partial charge < -0.3 is 14.5 Å². The molecule has 4 nitrogen and oxygen atoms in total. The number of benzene rings is 2. The van der Waals surface area contributed by atoms with E-state index in [1.54, 1.807) is 23.1 Å². The molecular formula is C21H20F4N2O2. The average Bonchev–Trinajstić information content (AvgIpc) is 2.99. The van der Waals surface area contributed by atoms with Crippen LogP contribution in [-0.2, 0) is 4.79 Å². The van der Waals surface area contributed by atoms with Crippen molar-refractivity contribution < 1.29 is 27.1 Å². The fraction of sp³-hybridized carbons (Fsp3) is 0.381. The lowest BCUT2D eigenvalue weighted by atomic mass is 9.77. The number of carbonyl (C=O) groups excluding carboxylic acids is 1. The quantitative estimate of drug-likeness (QED) is 0.688. The lowest BCUT2D eigenvalue weighted by Crippen LogP contribution is -2.45. The van der Waals surface area contributed by atoms with E-state index in [1.807, 2.05) is 4.90 Å². The van der Waals surface area contributed by atoms with E-state index < -0.39 is 11.8 Å². The van der Waals surface area contributed by atoms with Crippen LogP contribution in [0.5, 0.6) is 5.75 Å². The van der Waals surface area contributed by atoms with Gasteiger partial charge in [0.25, 0.3) is 0 Å². The first-order chi connectivity index (χ1) is 13.8. The van der Waals surface area contributed by atoms with Crippen molar-refractivity contribution >= 4 is 17.3 Å². The van der Waals surface area contributed by atoms with Crippen molar-refractivity contribution in [2.45, 2.75) is 25.6 Å². The van der Waals surface area contributed by atoms with Gasteiger partial charge in [-0.25, -0.2) is 4.39 Å². The molecule has 0 radical (unpaired) electrons. The predicted molar refractivity (Wildman–Crippen MR) is 100 cm³/mol. The molecule has 2 aromatic rings. The van der Waals surface area contributed by atoms with Crippen LogP contribution in [-0.4, -0.2) is 31.9 Å². The number of ether oxygens (including phenoxy) is 1. The largest absolute Gasteiger partial charge is 0.573 e. The highest BCUT2D eigenvalue weighted by molar-refractivity contribution is 6.00. The molecule has 2 saturated heterocycles. The SMILES string of the molecule is O=C1N(c2ccc(OC(F)(F)F)cc2)CCC12CCN(c1ccccc1F)CC2. The molecule has 2 heterocycles. The normalized spacial score (nSPS) is 19.1. The highest BCUT2D eigenvalue weighted by atomic mass is 19.4. The van der Waals surface area contributed by atoms with Crippen LogP contribution in [0.2, 0.25) is 0 Å². The lowest BCUT2D eigenvalue weighted by Gasteiger charge is -2.39. The summed E-state index contributed by atoms with van der Waals surface area (Å²) in [6.07, 6.45) is -2.84. The van der Waals surface area contributed by atoms with E-state index in [0.29, 0.717) is 50.3 Å². The second-order valence-electron chi connectivity index (χ2n) is 7.47. The number of para-hydroxylation sites is 1. The molecule has 1 spiro atoms. The molecule has 0 saturated carbocycles. The minimum absolute atomic E-state index is 0.0184. The van der Waals surface area contributed by atoms with Crippen molar-refractivity contribution in [2.24, 2.45) is 5.41 Å². The molecule has 0 atom stereocenters. The summed E-state index contributed by atoms with van der Waals surface area (Å²) < 4.78 is 54.8. The van der Waals surface area contributed by atoms with Crippen molar-refractivity contribution in [1.82, 2.24) is 0 Å². The first-order valence-electron chi connectivity index (χ1n) is 9.45. The summed E-state index contributed by atoms with van der Waals surface area (Å²) in [6.45, 7) is 1.68. The summed E-state index contributed by atoms with van der Waals surface area (Å²) in [5.41, 5.74) is 0.603. The molecule has 0 unspecified atom stereocenters. The number of alkyl halides is 3. The second-order valence-corrected chi connectivity index (χ2v) is 7.47. The zero-order chi connectivity index (χ0) is 20.6. The molecule has 4 rings (SSSR count). The van der Waals surface area contributed by atoms with Crippen LogP contribution in [0.15, 0.2) is 48.5 Å². The van der Waals surface area contributed by atoms with Gasteiger partial charge >= 0.3 is 6.36 Å². The van der Waals surface area contributed by atoms with E-state index in [9.17, 15) is 22.4 Å². The number of anilines is 2. The summed E-state index contributed by atoms with van der Waals surface area (Å²) in [7, 11) is 0. The molecular weight excluding hydrogens is 388 g/mol. The Hall–Kier alpha value is -2.77. The van der Waals surface area contributed by atoms with E-state index in [1.165, 1.54) is 30.3 Å². The van der Waals surface area contributed by atoms with E-state index in [0.717, 1.165) is 0 Å². The summed E-state index contributed by atoms with van der Waals surface area (Å²) in [6, 6.07) is 11.9. The van der Waals surface area contributed by atoms with Crippen LogP contribution in [0.4, 0.5) is 28.9 Å². The Balaban J connectivity index is 1.43. The number of halogens is 4. The number of hydrogen-bond acceptors (Lipinski definition) is 3. The van der Waals surface area contributed by atoms with Crippen LogP contribution >= 0.6 is 0 Å². The number of nitrogens with zero attached hydrogens (tertiary/aromatic N) is 2. The number of piperidine rings is 1. The van der Waals surface area contributed by atoms with E-state index >= 15 is 0 Å². The van der Waals surface area contributed by atoms with Crippen molar-refractivity contribution in [3.05, 3.63) is 54.3 Å². The maximum atomic E-state index is 14.0. The van der Waals surface area contributed by atoms with Gasteiger partial charge in [-0.15, -0.1) is 13.2 Å². The van der Waals surface area contributed by atoms with Crippen molar-refractivity contribution in [1.29, 1.82) is 0 Å². The highest BCUT2D eigenvalue weighted by Crippen LogP contribution is 2.44. The van der Waals surface area contributed by atoms with Gasteiger partial charge in [0.05, 0.1) is 11.1 Å². The third-order valence-electron chi connectivity index (χ3n) is 5.81. The molecule has 2 aliphatic heterocycles. The number of amides is 1. The standard InChI is InChI=1S/C21H20F4N2O2/c22-17-3-1-2-4-18(17)26-12-9-20(10-13-26)11-14-27(19(20)28)15-5-7-16(8-6-15)29-21(23,24)25/h1-8H,9-14H2. The Morgan fingerprint density at radius 3 is 2.14 bits per heavy atom. The molecule has 0 aliphatic carbocycles. The predicted octanol–water partition coefficient (Wildman–Crippen LogP) is 4.75. The zero-order valence-electron chi connectivity index (χ0n) is 15.6. The third kappa shape index (κ3) is 3.88. The van der Waals surface area contributed by atoms with Crippen LogP contribution in [0.25, 0.3) is 0 Å². The smallest absolute Gasteiger partial charge is 0.406 e. The van der Waals surface area contributed by atoms with Crippen LogP contribution < -0.4 is 14.5 Å². The Labute approximate surface area is 165 Å². The van der Waals surface area contributed by atoms with Gasteiger partial charge in [-0.3, -0.25) is 4.79 Å². The molecule has 0 bridgehead atoms. The van der Waals surface area contributed by atoms with Gasteiger partial charge in [-0.2, -0.15) is 0 Å². The van der Waals surface area contributed by atoms with Crippen molar-refractivity contribution in [2.75, 3.05) is 29.4 Å². The molecule has 2 aliphatic rings. The summed E-state index contributed by atoms with van der Waals surface area (Å²) in [4.78, 5) is 16.7. The Morgan fingerprint density at radius 1 is 0.897 bits per heavy atom. The van der Waals surface area contributed by atoms with Crippen molar-refractivity contribution in [3.8, 4) is 5.75 Å². The van der Waals surface area contributed by atoms with Gasteiger partial charge in [0, 0.05) is 25.3 Å².